The van der Waals surface area contributed by atoms with Crippen LogP contribution < -0.4 is 0 Å². The molecule has 0 bridgehead atoms. The summed E-state index contributed by atoms with van der Waals surface area (Å²) in [5.41, 5.74) is 2.63. The first kappa shape index (κ1) is 18.0. The molecular weight excluding hydrogens is 368 g/mol. The second kappa shape index (κ2) is 6.34. The summed E-state index contributed by atoms with van der Waals surface area (Å²) in [6, 6.07) is 6.81. The zero-order chi connectivity index (χ0) is 19.3. The first-order chi connectivity index (χ1) is 12.8. The van der Waals surface area contributed by atoms with E-state index in [4.69, 9.17) is 11.6 Å². The van der Waals surface area contributed by atoms with E-state index in [1.54, 1.807) is 11.1 Å². The smallest absolute Gasteiger partial charge is 0.233 e. The van der Waals surface area contributed by atoms with Crippen molar-refractivity contribution in [2.45, 2.75) is 39.3 Å². The second-order valence-corrected chi connectivity index (χ2v) is 8.62. The lowest BCUT2D eigenvalue weighted by atomic mass is 9.87. The topological polar surface area (TPSA) is 81.3 Å². The Hall–Kier alpha value is -2.41. The number of nitrogens with zero attached hydrogens (tertiary/aromatic N) is 4. The highest BCUT2D eigenvalue weighted by molar-refractivity contribution is 6.32. The van der Waals surface area contributed by atoms with Crippen LogP contribution in [0.5, 0.6) is 0 Å². The van der Waals surface area contributed by atoms with Crippen molar-refractivity contribution in [2.24, 2.45) is 11.3 Å². The molecule has 8 heteroatoms. The van der Waals surface area contributed by atoms with Gasteiger partial charge in [0, 0.05) is 35.7 Å². The fraction of sp³-hybridized carbons (Fsp3) is 0.474. The number of carbonyl (C=O) groups is 1. The lowest BCUT2D eigenvalue weighted by Crippen LogP contribution is -2.39. The summed E-state index contributed by atoms with van der Waals surface area (Å²) >= 11 is 6.36. The molecule has 1 aromatic heterocycles. The molecule has 1 aliphatic carbocycles. The maximum absolute atomic E-state index is 12.8. The zero-order valence-electron chi connectivity index (χ0n) is 15.3. The standard InChI is InChI=1S/C19H21ClN4O3/c1-19(2)8-17-12(9-21-23(17)15-6-4-3-5-14(15)20)10-22(11-19)18(25)13-7-16(13)24(26)27/h3-6,9,13,16H,7-8,10-11H2,1-2H3/t13-,16-/m1/s1. The monoisotopic (exact) mass is 388 g/mol. The lowest BCUT2D eigenvalue weighted by molar-refractivity contribution is -0.497. The molecule has 1 saturated carbocycles. The van der Waals surface area contributed by atoms with Crippen molar-refractivity contribution >= 4 is 17.5 Å². The highest BCUT2D eigenvalue weighted by Gasteiger charge is 2.55. The molecule has 0 N–H and O–H groups in total. The average molecular weight is 389 g/mol. The Bertz CT molecular complexity index is 923. The number of hydrogen-bond donors (Lipinski definition) is 0. The van der Waals surface area contributed by atoms with Crippen molar-refractivity contribution < 1.29 is 9.72 Å². The molecular formula is C19H21ClN4O3. The first-order valence-electron chi connectivity index (χ1n) is 9.00. The van der Waals surface area contributed by atoms with Gasteiger partial charge in [-0.3, -0.25) is 14.9 Å². The van der Waals surface area contributed by atoms with Crippen LogP contribution in [0.25, 0.3) is 5.69 Å². The van der Waals surface area contributed by atoms with Crippen LogP contribution in [0, 0.1) is 21.4 Å². The minimum absolute atomic E-state index is 0.122. The third kappa shape index (κ3) is 3.32. The molecule has 2 heterocycles. The van der Waals surface area contributed by atoms with Gasteiger partial charge in [0.25, 0.3) is 0 Å². The Balaban J connectivity index is 1.67. The van der Waals surface area contributed by atoms with Crippen molar-refractivity contribution in [3.05, 3.63) is 56.9 Å². The number of fused-ring (bicyclic) bond motifs is 1. The van der Waals surface area contributed by atoms with Gasteiger partial charge in [-0.2, -0.15) is 5.10 Å². The van der Waals surface area contributed by atoms with E-state index in [1.807, 2.05) is 28.9 Å². The third-order valence-corrected chi connectivity index (χ3v) is 5.64. The highest BCUT2D eigenvalue weighted by atomic mass is 35.5. The Morgan fingerprint density at radius 2 is 2.11 bits per heavy atom. The van der Waals surface area contributed by atoms with Gasteiger partial charge >= 0.3 is 0 Å². The number of rotatable bonds is 3. The molecule has 0 saturated heterocycles. The third-order valence-electron chi connectivity index (χ3n) is 5.32. The molecule has 1 aromatic carbocycles. The summed E-state index contributed by atoms with van der Waals surface area (Å²) in [7, 11) is 0. The van der Waals surface area contributed by atoms with Gasteiger partial charge in [0.05, 0.1) is 16.9 Å². The van der Waals surface area contributed by atoms with E-state index >= 15 is 0 Å². The van der Waals surface area contributed by atoms with Crippen LogP contribution in [0.1, 0.15) is 31.5 Å². The number of amides is 1. The molecule has 0 spiro atoms. The van der Waals surface area contributed by atoms with E-state index in [0.717, 1.165) is 23.4 Å². The average Bonchev–Trinajstić information content (AvgIpc) is 3.34. The van der Waals surface area contributed by atoms with Gasteiger partial charge in [-0.1, -0.05) is 37.6 Å². The maximum atomic E-state index is 12.8. The van der Waals surface area contributed by atoms with Gasteiger partial charge in [0.15, 0.2) is 0 Å². The van der Waals surface area contributed by atoms with Gasteiger partial charge in [0.2, 0.25) is 11.9 Å². The van der Waals surface area contributed by atoms with Crippen molar-refractivity contribution in [2.75, 3.05) is 6.54 Å². The summed E-state index contributed by atoms with van der Waals surface area (Å²) in [6.07, 6.45) is 2.85. The molecule has 1 aliphatic heterocycles. The van der Waals surface area contributed by atoms with Crippen molar-refractivity contribution in [1.29, 1.82) is 0 Å². The van der Waals surface area contributed by atoms with Crippen LogP contribution in [-0.4, -0.2) is 38.1 Å². The number of hydrogen-bond acceptors (Lipinski definition) is 4. The van der Waals surface area contributed by atoms with Crippen LogP contribution in [-0.2, 0) is 17.8 Å². The number of halogens is 1. The van der Waals surface area contributed by atoms with Gasteiger partial charge in [-0.05, 0) is 24.0 Å². The van der Waals surface area contributed by atoms with Crippen LogP contribution in [0.15, 0.2) is 30.5 Å². The highest BCUT2D eigenvalue weighted by Crippen LogP contribution is 2.38. The molecule has 2 atom stereocenters. The fourth-order valence-electron chi connectivity index (χ4n) is 3.92. The van der Waals surface area contributed by atoms with E-state index < -0.39 is 12.0 Å². The Kier molecular flexibility index (Phi) is 4.22. The number of benzene rings is 1. The molecule has 142 valence electrons. The Morgan fingerprint density at radius 3 is 2.78 bits per heavy atom. The van der Waals surface area contributed by atoms with Crippen molar-refractivity contribution in [1.82, 2.24) is 14.7 Å². The quantitative estimate of drug-likeness (QED) is 0.597. The summed E-state index contributed by atoms with van der Waals surface area (Å²) in [5.74, 6) is -0.612. The normalized spacial score (nSPS) is 23.4. The lowest BCUT2D eigenvalue weighted by Gasteiger charge is -2.29. The number of aromatic nitrogens is 2. The summed E-state index contributed by atoms with van der Waals surface area (Å²) in [4.78, 5) is 25.2. The van der Waals surface area contributed by atoms with E-state index in [-0.39, 0.29) is 16.2 Å². The molecule has 1 amide bonds. The van der Waals surface area contributed by atoms with Crippen LogP contribution in [0.3, 0.4) is 0 Å². The predicted molar refractivity (Wildman–Crippen MR) is 100 cm³/mol. The molecule has 1 fully saturated rings. The summed E-state index contributed by atoms with van der Waals surface area (Å²) in [5, 5.41) is 16.1. The number of nitro groups is 1. The minimum Gasteiger partial charge on any atom is -0.337 e. The summed E-state index contributed by atoms with van der Waals surface area (Å²) < 4.78 is 1.85. The van der Waals surface area contributed by atoms with E-state index in [9.17, 15) is 14.9 Å². The molecule has 4 rings (SSSR count). The molecule has 27 heavy (non-hydrogen) atoms. The fourth-order valence-corrected chi connectivity index (χ4v) is 4.13. The molecule has 2 aromatic rings. The zero-order valence-corrected chi connectivity index (χ0v) is 16.0. The van der Waals surface area contributed by atoms with Crippen LogP contribution in [0.4, 0.5) is 0 Å². The molecule has 7 nitrogen and oxygen atoms in total. The van der Waals surface area contributed by atoms with Gasteiger partial charge < -0.3 is 4.90 Å². The summed E-state index contributed by atoms with van der Waals surface area (Å²) in [6.45, 7) is 5.18. The molecule has 0 unspecified atom stereocenters. The maximum Gasteiger partial charge on any atom is 0.233 e. The minimum atomic E-state index is -0.728. The van der Waals surface area contributed by atoms with E-state index in [1.165, 1.54) is 0 Å². The van der Waals surface area contributed by atoms with E-state index in [0.29, 0.717) is 24.5 Å². The van der Waals surface area contributed by atoms with Crippen molar-refractivity contribution in [3.8, 4) is 5.69 Å². The van der Waals surface area contributed by atoms with Gasteiger partial charge in [-0.25, -0.2) is 4.68 Å². The number of para-hydroxylation sites is 1. The van der Waals surface area contributed by atoms with E-state index in [2.05, 4.69) is 18.9 Å². The first-order valence-corrected chi connectivity index (χ1v) is 9.37. The molecule has 2 aliphatic rings. The van der Waals surface area contributed by atoms with Crippen LogP contribution in [0.2, 0.25) is 5.02 Å². The van der Waals surface area contributed by atoms with Gasteiger partial charge in [-0.15, -0.1) is 0 Å². The second-order valence-electron chi connectivity index (χ2n) is 8.21. The largest absolute Gasteiger partial charge is 0.337 e. The Morgan fingerprint density at radius 1 is 1.37 bits per heavy atom. The predicted octanol–water partition coefficient (Wildman–Crippen LogP) is 3.10. The number of carbonyl (C=O) groups excluding carboxylic acids is 1. The van der Waals surface area contributed by atoms with Crippen molar-refractivity contribution in [3.63, 3.8) is 0 Å². The molecule has 0 radical (unpaired) electrons. The SMILES string of the molecule is CC1(C)Cc2c(cnn2-c2ccccc2Cl)CN(C(=O)[C@@H]2C[C@H]2[N+](=O)[O-])C1. The van der Waals surface area contributed by atoms with Gasteiger partial charge in [0.1, 0.15) is 5.92 Å². The Labute approximate surface area is 162 Å². The van der Waals surface area contributed by atoms with Crippen LogP contribution >= 0.6 is 11.6 Å².